The number of likely N-dealkylation sites (tertiary alicyclic amines) is 1. The standard InChI is InChI=1S/C15H26N2.C14H21NO2.C14H25NO.C2H6.CH2O/c1-5-14-9-11-17(12-10-14)13(3)7-8-15(6-2)16-4;1-3-10-15(11-4-2)14(16)17-12-13-8-6-5-7-9-13;1-6-8-13(11-16)12(7-2)9-10-15-14(3,4)5;2*1-2/h6-8,14,16H,3,5,9-12H2,1-2,4H3;5-9H,3-4,10-12H2,1-2H3;6-8,15-16H,1,9-11H2,2-5H3;1-2H3;1H2/b8-7-,15-6+;;12-7-,13-8-;;. The van der Waals surface area contributed by atoms with Gasteiger partial charge in [0.05, 0.1) is 6.61 Å². The summed E-state index contributed by atoms with van der Waals surface area (Å²) in [5.41, 5.74) is 5.56. The zero-order valence-corrected chi connectivity index (χ0v) is 36.3. The number of hydrogen-bond acceptors (Lipinski definition) is 7. The van der Waals surface area contributed by atoms with E-state index in [1.54, 1.807) is 11.0 Å². The Bertz CT molecular complexity index is 1200. The molecule has 3 N–H and O–H groups in total. The first-order valence-electron chi connectivity index (χ1n) is 20.0. The first kappa shape index (κ1) is 54.5. The second-order valence-electron chi connectivity index (χ2n) is 13.5. The van der Waals surface area contributed by atoms with Crippen LogP contribution in [-0.4, -0.2) is 79.7 Å². The summed E-state index contributed by atoms with van der Waals surface area (Å²) in [5.74, 6) is 0.923. The molecule has 1 amide bonds. The van der Waals surface area contributed by atoms with Crippen LogP contribution in [0.2, 0.25) is 0 Å². The van der Waals surface area contributed by atoms with Crippen molar-refractivity contribution in [2.75, 3.05) is 46.4 Å². The van der Waals surface area contributed by atoms with Crippen LogP contribution in [0.15, 0.2) is 102 Å². The van der Waals surface area contributed by atoms with Crippen LogP contribution in [0, 0.1) is 5.92 Å². The van der Waals surface area contributed by atoms with Gasteiger partial charge in [0.2, 0.25) is 0 Å². The number of hydrogen-bond donors (Lipinski definition) is 3. The topological polar surface area (TPSA) is 94.1 Å². The van der Waals surface area contributed by atoms with E-state index in [1.807, 2.05) is 77.9 Å². The third kappa shape index (κ3) is 27.7. The number of likely N-dealkylation sites (N-methyl/N-ethyl adjacent to an activating group) is 1. The van der Waals surface area contributed by atoms with E-state index in [-0.39, 0.29) is 18.2 Å². The Morgan fingerprint density at radius 3 is 1.98 bits per heavy atom. The number of aliphatic hydroxyl groups excluding tert-OH is 1. The summed E-state index contributed by atoms with van der Waals surface area (Å²) in [6.07, 6.45) is 18.5. The molecule has 1 aromatic rings. The highest BCUT2D eigenvalue weighted by atomic mass is 16.6. The van der Waals surface area contributed by atoms with Crippen LogP contribution in [0.3, 0.4) is 0 Å². The van der Waals surface area contributed by atoms with E-state index in [0.717, 1.165) is 80.4 Å². The smallest absolute Gasteiger partial charge is 0.410 e. The molecule has 0 bridgehead atoms. The van der Waals surface area contributed by atoms with Crippen molar-refractivity contribution in [2.45, 2.75) is 120 Å². The Hall–Kier alpha value is -3.88. The molecule has 0 saturated carbocycles. The minimum absolute atomic E-state index is 0.0706. The van der Waals surface area contributed by atoms with Crippen LogP contribution in [0.1, 0.15) is 113 Å². The summed E-state index contributed by atoms with van der Waals surface area (Å²) in [7, 11) is 1.94. The van der Waals surface area contributed by atoms with Gasteiger partial charge in [0.15, 0.2) is 0 Å². The maximum absolute atomic E-state index is 11.8. The Morgan fingerprint density at radius 1 is 0.981 bits per heavy atom. The molecule has 1 saturated heterocycles. The fourth-order valence-corrected chi connectivity index (χ4v) is 5.35. The molecule has 1 heterocycles. The number of nitrogens with one attached hydrogen (secondary N) is 2. The number of piperidine rings is 1. The normalized spacial score (nSPS) is 13.4. The Balaban J connectivity index is -0.000000690. The van der Waals surface area contributed by atoms with Crippen molar-refractivity contribution in [1.82, 2.24) is 20.4 Å². The van der Waals surface area contributed by atoms with Gasteiger partial charge in [-0.25, -0.2) is 4.79 Å². The molecule has 1 fully saturated rings. The molecular weight excluding hydrogens is 673 g/mol. The van der Waals surface area contributed by atoms with Crippen molar-refractivity contribution >= 4 is 12.9 Å². The predicted molar refractivity (Wildman–Crippen MR) is 234 cm³/mol. The van der Waals surface area contributed by atoms with Crippen molar-refractivity contribution in [1.29, 1.82) is 0 Å². The Kier molecular flexibility index (Phi) is 36.4. The molecule has 308 valence electrons. The van der Waals surface area contributed by atoms with E-state index < -0.39 is 0 Å². The number of aliphatic hydroxyl groups is 1. The lowest BCUT2D eigenvalue weighted by Crippen LogP contribution is -2.36. The minimum Gasteiger partial charge on any atom is -0.445 e. The largest absolute Gasteiger partial charge is 0.445 e. The van der Waals surface area contributed by atoms with Gasteiger partial charge in [0.25, 0.3) is 0 Å². The fourth-order valence-electron chi connectivity index (χ4n) is 5.35. The van der Waals surface area contributed by atoms with Gasteiger partial charge in [-0.3, -0.25) is 0 Å². The summed E-state index contributed by atoms with van der Waals surface area (Å²) in [4.78, 5) is 24.0. The van der Waals surface area contributed by atoms with E-state index >= 15 is 0 Å². The molecule has 8 nitrogen and oxygen atoms in total. The lowest BCUT2D eigenvalue weighted by molar-refractivity contribution is -0.0980. The highest BCUT2D eigenvalue weighted by Crippen LogP contribution is 2.22. The minimum atomic E-state index is -0.211. The molecule has 8 heteroatoms. The average molecular weight is 753 g/mol. The molecule has 1 aromatic carbocycles. The quantitative estimate of drug-likeness (QED) is 0.136. The van der Waals surface area contributed by atoms with E-state index in [0.29, 0.717) is 6.61 Å². The van der Waals surface area contributed by atoms with Crippen LogP contribution in [0.4, 0.5) is 4.79 Å². The fraction of sp³-hybridized carbons (Fsp3) is 0.565. The lowest BCUT2D eigenvalue weighted by Gasteiger charge is -2.33. The van der Waals surface area contributed by atoms with Crippen LogP contribution < -0.4 is 10.6 Å². The van der Waals surface area contributed by atoms with Crippen molar-refractivity contribution in [3.63, 3.8) is 0 Å². The van der Waals surface area contributed by atoms with E-state index in [9.17, 15) is 9.90 Å². The van der Waals surface area contributed by atoms with Gasteiger partial charge in [-0.2, -0.15) is 0 Å². The van der Waals surface area contributed by atoms with Crippen LogP contribution >= 0.6 is 0 Å². The molecule has 54 heavy (non-hydrogen) atoms. The maximum atomic E-state index is 11.8. The van der Waals surface area contributed by atoms with Gasteiger partial charge in [-0.1, -0.05) is 109 Å². The molecule has 1 aliphatic heterocycles. The number of carbonyl (C=O) groups excluding carboxylic acids is 2. The Morgan fingerprint density at radius 2 is 1.56 bits per heavy atom. The molecular formula is C46H80N4O4. The summed E-state index contributed by atoms with van der Waals surface area (Å²) in [5, 5.41) is 15.8. The maximum Gasteiger partial charge on any atom is 0.410 e. The summed E-state index contributed by atoms with van der Waals surface area (Å²) in [6.45, 7) is 35.9. The highest BCUT2D eigenvalue weighted by Gasteiger charge is 2.17. The van der Waals surface area contributed by atoms with Crippen LogP contribution in [0.25, 0.3) is 0 Å². The number of nitrogens with zero attached hydrogens (tertiary/aromatic N) is 2. The summed E-state index contributed by atoms with van der Waals surface area (Å²) < 4.78 is 5.28. The van der Waals surface area contributed by atoms with Gasteiger partial charge in [0.1, 0.15) is 13.4 Å². The second kappa shape index (κ2) is 36.1. The molecule has 1 aliphatic rings. The molecule has 0 atom stereocenters. The van der Waals surface area contributed by atoms with Crippen LogP contribution in [0.5, 0.6) is 0 Å². The lowest BCUT2D eigenvalue weighted by atomic mass is 9.94. The van der Waals surface area contributed by atoms with Gasteiger partial charge in [-0.15, -0.1) is 0 Å². The predicted octanol–water partition coefficient (Wildman–Crippen LogP) is 10.4. The number of carbonyl (C=O) groups is 2. The third-order valence-electron chi connectivity index (χ3n) is 8.40. The molecule has 0 aromatic heterocycles. The van der Waals surface area contributed by atoms with Crippen molar-refractivity contribution in [2.24, 2.45) is 5.92 Å². The number of benzene rings is 1. The molecule has 0 spiro atoms. The van der Waals surface area contributed by atoms with E-state index in [1.165, 1.54) is 24.8 Å². The monoisotopic (exact) mass is 753 g/mol. The average Bonchev–Trinajstić information content (AvgIpc) is 3.20. The van der Waals surface area contributed by atoms with Gasteiger partial charge >= 0.3 is 6.09 Å². The first-order valence-corrected chi connectivity index (χ1v) is 20.0. The Labute approximate surface area is 332 Å². The SMILES string of the molecule is C=C(/C=C\C(=C/C)NC)N1CCC(CC)CC1.C=C/C=C(CO)\C(=C/C)CCNC(C)(C)C.C=O.CC.CCCN(CCC)C(=O)OCc1ccccc1. The second-order valence-corrected chi connectivity index (χ2v) is 13.5. The van der Waals surface area contributed by atoms with Crippen molar-refractivity contribution in [3.8, 4) is 0 Å². The number of rotatable bonds is 17. The number of ether oxygens (including phenoxy) is 1. The van der Waals surface area contributed by atoms with Gasteiger partial charge in [0, 0.05) is 50.2 Å². The first-order chi connectivity index (χ1) is 25.9. The van der Waals surface area contributed by atoms with Crippen molar-refractivity contribution < 1.29 is 19.4 Å². The van der Waals surface area contributed by atoms with Gasteiger partial charge < -0.3 is 35.1 Å². The molecule has 0 unspecified atom stereocenters. The molecule has 0 radical (unpaired) electrons. The van der Waals surface area contributed by atoms with E-state index in [4.69, 9.17) is 9.53 Å². The highest BCUT2D eigenvalue weighted by molar-refractivity contribution is 5.67. The third-order valence-corrected chi connectivity index (χ3v) is 8.40. The van der Waals surface area contributed by atoms with Crippen molar-refractivity contribution in [3.05, 3.63) is 108 Å². The zero-order valence-electron chi connectivity index (χ0n) is 36.3. The number of amides is 1. The molecule has 0 aliphatic carbocycles. The molecule has 2 rings (SSSR count). The summed E-state index contributed by atoms with van der Waals surface area (Å²) in [6, 6.07) is 9.75. The zero-order chi connectivity index (χ0) is 41.8. The summed E-state index contributed by atoms with van der Waals surface area (Å²) >= 11 is 0. The van der Waals surface area contributed by atoms with E-state index in [2.05, 4.69) is 94.5 Å². The van der Waals surface area contributed by atoms with Crippen LogP contribution in [-0.2, 0) is 16.1 Å². The number of allylic oxidation sites excluding steroid dienone is 6. The van der Waals surface area contributed by atoms with Gasteiger partial charge in [-0.05, 0) is 108 Å².